The average Bonchev–Trinajstić information content (AvgIpc) is 2.68. The lowest BCUT2D eigenvalue weighted by molar-refractivity contribution is 0.101. The number of piperazine rings is 1. The van der Waals surface area contributed by atoms with Crippen LogP contribution in [0.25, 0.3) is 0 Å². The number of hydrogen-bond donors (Lipinski definition) is 1. The molecule has 1 aliphatic heterocycles. The lowest BCUT2D eigenvalue weighted by atomic mass is 10.1. The van der Waals surface area contributed by atoms with Gasteiger partial charge in [-0.15, -0.1) is 0 Å². The summed E-state index contributed by atoms with van der Waals surface area (Å²) >= 11 is 5.55. The Morgan fingerprint density at radius 1 is 1.15 bits per heavy atom. The first-order valence-electron chi connectivity index (χ1n) is 9.18. The molecule has 1 aliphatic rings. The lowest BCUT2D eigenvalue weighted by Gasteiger charge is -2.37. The SMILES string of the molecule is CCc1cccc(NC(=S)N2CCN(c3ccc(C(C)=O)cc3F)CC2)c1. The molecule has 1 fully saturated rings. The highest BCUT2D eigenvalue weighted by molar-refractivity contribution is 7.80. The third-order valence-corrected chi connectivity index (χ3v) is 5.21. The Hall–Kier alpha value is -2.47. The molecule has 0 unspecified atom stereocenters. The zero-order valence-electron chi connectivity index (χ0n) is 15.7. The van der Waals surface area contributed by atoms with Crippen molar-refractivity contribution in [3.05, 3.63) is 59.4 Å². The normalized spacial score (nSPS) is 14.2. The van der Waals surface area contributed by atoms with Gasteiger partial charge >= 0.3 is 0 Å². The quantitative estimate of drug-likeness (QED) is 0.633. The van der Waals surface area contributed by atoms with Gasteiger partial charge in [0.15, 0.2) is 10.9 Å². The number of aryl methyl sites for hydroxylation is 1. The molecule has 1 N–H and O–H groups in total. The van der Waals surface area contributed by atoms with Crippen molar-refractivity contribution in [1.82, 2.24) is 4.90 Å². The molecule has 0 spiro atoms. The van der Waals surface area contributed by atoms with Crippen molar-refractivity contribution in [1.29, 1.82) is 0 Å². The van der Waals surface area contributed by atoms with Crippen LogP contribution in [0.15, 0.2) is 42.5 Å². The number of benzene rings is 2. The van der Waals surface area contributed by atoms with E-state index < -0.39 is 0 Å². The number of nitrogens with zero attached hydrogens (tertiary/aromatic N) is 2. The molecular weight excluding hydrogens is 361 g/mol. The van der Waals surface area contributed by atoms with Gasteiger partial charge in [0.05, 0.1) is 5.69 Å². The molecular formula is C21H24FN3OS. The van der Waals surface area contributed by atoms with E-state index in [1.165, 1.54) is 18.6 Å². The van der Waals surface area contributed by atoms with Gasteiger partial charge in [0.1, 0.15) is 5.82 Å². The van der Waals surface area contributed by atoms with Crippen LogP contribution in [0.5, 0.6) is 0 Å². The largest absolute Gasteiger partial charge is 0.366 e. The van der Waals surface area contributed by atoms with Crippen LogP contribution >= 0.6 is 12.2 Å². The summed E-state index contributed by atoms with van der Waals surface area (Å²) < 4.78 is 14.4. The van der Waals surface area contributed by atoms with Gasteiger partial charge < -0.3 is 15.1 Å². The van der Waals surface area contributed by atoms with Crippen molar-refractivity contribution in [2.75, 3.05) is 36.4 Å². The number of Topliss-reactive ketones (excluding diaryl/α,β-unsaturated/α-hetero) is 1. The number of ketones is 1. The number of rotatable bonds is 4. The van der Waals surface area contributed by atoms with Crippen molar-refractivity contribution in [2.45, 2.75) is 20.3 Å². The highest BCUT2D eigenvalue weighted by Crippen LogP contribution is 2.22. The monoisotopic (exact) mass is 385 g/mol. The summed E-state index contributed by atoms with van der Waals surface area (Å²) in [6.45, 7) is 6.34. The predicted molar refractivity (Wildman–Crippen MR) is 112 cm³/mol. The molecule has 1 saturated heterocycles. The Morgan fingerprint density at radius 2 is 1.89 bits per heavy atom. The lowest BCUT2D eigenvalue weighted by Crippen LogP contribution is -2.50. The third kappa shape index (κ3) is 4.63. The highest BCUT2D eigenvalue weighted by Gasteiger charge is 2.21. The number of anilines is 2. The van der Waals surface area contributed by atoms with E-state index in [0.29, 0.717) is 42.5 Å². The minimum absolute atomic E-state index is 0.131. The summed E-state index contributed by atoms with van der Waals surface area (Å²) in [5, 5.41) is 3.99. The molecule has 0 saturated carbocycles. The number of carbonyl (C=O) groups is 1. The Kier molecular flexibility index (Phi) is 6.06. The zero-order chi connectivity index (χ0) is 19.4. The number of carbonyl (C=O) groups excluding carboxylic acids is 1. The van der Waals surface area contributed by atoms with E-state index in [0.717, 1.165) is 12.1 Å². The summed E-state index contributed by atoms with van der Waals surface area (Å²) in [6, 6.07) is 12.9. The molecule has 142 valence electrons. The number of thiocarbonyl (C=S) groups is 1. The first kappa shape index (κ1) is 19.3. The van der Waals surface area contributed by atoms with Gasteiger partial charge in [0, 0.05) is 37.4 Å². The van der Waals surface area contributed by atoms with Crippen molar-refractivity contribution in [2.24, 2.45) is 0 Å². The van der Waals surface area contributed by atoms with Crippen LogP contribution in [0.2, 0.25) is 0 Å². The third-order valence-electron chi connectivity index (χ3n) is 4.85. The second-order valence-electron chi connectivity index (χ2n) is 6.68. The van der Waals surface area contributed by atoms with Crippen molar-refractivity contribution >= 4 is 34.5 Å². The van der Waals surface area contributed by atoms with E-state index in [4.69, 9.17) is 12.2 Å². The number of nitrogens with one attached hydrogen (secondary N) is 1. The van der Waals surface area contributed by atoms with Crippen LogP contribution in [0.1, 0.15) is 29.8 Å². The fraction of sp³-hybridized carbons (Fsp3) is 0.333. The Balaban J connectivity index is 1.60. The zero-order valence-corrected chi connectivity index (χ0v) is 16.5. The molecule has 6 heteroatoms. The van der Waals surface area contributed by atoms with Crippen molar-refractivity contribution in [3.8, 4) is 0 Å². The van der Waals surface area contributed by atoms with Crippen LogP contribution in [-0.4, -0.2) is 42.0 Å². The Morgan fingerprint density at radius 3 is 2.52 bits per heavy atom. The van der Waals surface area contributed by atoms with Gasteiger partial charge in [0.2, 0.25) is 0 Å². The first-order valence-corrected chi connectivity index (χ1v) is 9.59. The highest BCUT2D eigenvalue weighted by atomic mass is 32.1. The van der Waals surface area contributed by atoms with Crippen LogP contribution in [-0.2, 0) is 6.42 Å². The van der Waals surface area contributed by atoms with E-state index in [2.05, 4.69) is 29.3 Å². The molecule has 2 aromatic carbocycles. The van der Waals surface area contributed by atoms with E-state index in [1.807, 2.05) is 17.0 Å². The summed E-state index contributed by atoms with van der Waals surface area (Å²) in [7, 11) is 0. The van der Waals surface area contributed by atoms with Crippen LogP contribution < -0.4 is 10.2 Å². The fourth-order valence-corrected chi connectivity index (χ4v) is 3.50. The van der Waals surface area contributed by atoms with E-state index in [1.54, 1.807) is 12.1 Å². The second-order valence-corrected chi connectivity index (χ2v) is 7.07. The number of halogens is 1. The average molecular weight is 386 g/mol. The molecule has 1 heterocycles. The summed E-state index contributed by atoms with van der Waals surface area (Å²) in [6.07, 6.45) is 0.981. The van der Waals surface area contributed by atoms with Gasteiger partial charge in [-0.1, -0.05) is 19.1 Å². The molecule has 2 aromatic rings. The fourth-order valence-electron chi connectivity index (χ4n) is 3.20. The number of hydrogen-bond acceptors (Lipinski definition) is 3. The van der Waals surface area contributed by atoms with Gasteiger partial charge in [-0.25, -0.2) is 4.39 Å². The van der Waals surface area contributed by atoms with E-state index in [9.17, 15) is 9.18 Å². The van der Waals surface area contributed by atoms with Crippen molar-refractivity contribution < 1.29 is 9.18 Å². The second kappa shape index (κ2) is 8.48. The predicted octanol–water partition coefficient (Wildman–Crippen LogP) is 4.11. The first-order chi connectivity index (χ1) is 13.0. The molecule has 0 radical (unpaired) electrons. The molecule has 3 rings (SSSR count). The summed E-state index contributed by atoms with van der Waals surface area (Å²) in [5.41, 5.74) is 3.19. The maximum Gasteiger partial charge on any atom is 0.173 e. The maximum absolute atomic E-state index is 14.4. The van der Waals surface area contributed by atoms with E-state index in [-0.39, 0.29) is 11.6 Å². The maximum atomic E-state index is 14.4. The molecule has 0 aliphatic carbocycles. The van der Waals surface area contributed by atoms with Gasteiger partial charge in [0.25, 0.3) is 0 Å². The molecule has 27 heavy (non-hydrogen) atoms. The summed E-state index contributed by atoms with van der Waals surface area (Å²) in [5.74, 6) is -0.484. The van der Waals surface area contributed by atoms with Crippen molar-refractivity contribution in [3.63, 3.8) is 0 Å². The molecule has 0 atom stereocenters. The molecule has 4 nitrogen and oxygen atoms in total. The van der Waals surface area contributed by atoms with E-state index >= 15 is 0 Å². The molecule has 0 aromatic heterocycles. The minimum Gasteiger partial charge on any atom is -0.366 e. The Labute approximate surface area is 165 Å². The molecule has 0 bridgehead atoms. The van der Waals surface area contributed by atoms with Gasteiger partial charge in [-0.2, -0.15) is 0 Å². The van der Waals surface area contributed by atoms with Crippen LogP contribution in [0.4, 0.5) is 15.8 Å². The summed E-state index contributed by atoms with van der Waals surface area (Å²) in [4.78, 5) is 15.5. The molecule has 0 amide bonds. The van der Waals surface area contributed by atoms with Gasteiger partial charge in [-0.3, -0.25) is 4.79 Å². The Bertz CT molecular complexity index is 847. The van der Waals surface area contributed by atoms with Crippen LogP contribution in [0, 0.1) is 5.82 Å². The topological polar surface area (TPSA) is 35.6 Å². The minimum atomic E-state index is -0.353. The van der Waals surface area contributed by atoms with Crippen LogP contribution in [0.3, 0.4) is 0 Å². The smallest absolute Gasteiger partial charge is 0.173 e. The standard InChI is InChI=1S/C21H24FN3OS/c1-3-16-5-4-6-18(13-16)23-21(27)25-11-9-24(10-12-25)20-8-7-17(15(2)26)14-19(20)22/h4-8,13-14H,3,9-12H2,1-2H3,(H,23,27). The van der Waals surface area contributed by atoms with Gasteiger partial charge in [-0.05, 0) is 61.5 Å².